The summed E-state index contributed by atoms with van der Waals surface area (Å²) in [6, 6.07) is 16.2. The molecule has 2 aromatic carbocycles. The molecule has 182 valence electrons. The first-order valence-corrected chi connectivity index (χ1v) is 13.0. The second-order valence-electron chi connectivity index (χ2n) is 9.09. The zero-order chi connectivity index (χ0) is 25.0. The summed E-state index contributed by atoms with van der Waals surface area (Å²) in [7, 11) is 1.59. The van der Waals surface area contributed by atoms with Crippen LogP contribution in [-0.2, 0) is 27.3 Å². The number of fused-ring (bicyclic) bond motifs is 2. The molecule has 3 atom stereocenters. The third kappa shape index (κ3) is 3.50. The highest BCUT2D eigenvalue weighted by atomic mass is 35.5. The summed E-state index contributed by atoms with van der Waals surface area (Å²) in [5.74, 6) is -0.870. The van der Waals surface area contributed by atoms with Crippen LogP contribution in [0.3, 0.4) is 0 Å². The number of imide groups is 1. The molecule has 0 saturated carbocycles. The van der Waals surface area contributed by atoms with Crippen LogP contribution in [0.4, 0.5) is 10.7 Å². The van der Waals surface area contributed by atoms with Crippen molar-refractivity contribution in [2.75, 3.05) is 17.1 Å². The van der Waals surface area contributed by atoms with Crippen LogP contribution in [0.15, 0.2) is 48.5 Å². The van der Waals surface area contributed by atoms with E-state index in [1.807, 2.05) is 24.3 Å². The second kappa shape index (κ2) is 8.93. The van der Waals surface area contributed by atoms with Gasteiger partial charge < -0.3 is 4.74 Å². The Bertz CT molecular complexity index is 1400. The Balaban J connectivity index is 1.43. The van der Waals surface area contributed by atoms with Gasteiger partial charge in [0.05, 0.1) is 24.4 Å². The first kappa shape index (κ1) is 23.0. The van der Waals surface area contributed by atoms with Gasteiger partial charge >= 0.3 is 0 Å². The maximum Gasteiger partial charge on any atom is 0.267 e. The molecule has 1 aromatic heterocycles. The largest absolute Gasteiger partial charge is 0.497 e. The number of benzene rings is 2. The average molecular weight is 520 g/mol. The molecule has 0 N–H and O–H groups in total. The van der Waals surface area contributed by atoms with Gasteiger partial charge in [0.2, 0.25) is 5.91 Å². The van der Waals surface area contributed by atoms with Crippen molar-refractivity contribution in [3.8, 4) is 11.8 Å². The third-order valence-electron chi connectivity index (χ3n) is 7.12. The van der Waals surface area contributed by atoms with E-state index in [0.29, 0.717) is 27.0 Å². The lowest BCUT2D eigenvalue weighted by Gasteiger charge is -2.28. The Morgan fingerprint density at radius 1 is 1.06 bits per heavy atom. The Morgan fingerprint density at radius 3 is 2.47 bits per heavy atom. The third-order valence-corrected chi connectivity index (χ3v) is 8.65. The summed E-state index contributed by atoms with van der Waals surface area (Å²) >= 11 is 7.48. The SMILES string of the molecule is COc1ccc([C@@H]2[C@@H]3C(=O)N(c4sc5c(c4C#N)CCCC5)C(=O)[C@H]3ON2c2ccc(Cl)cc2)cc1. The van der Waals surface area contributed by atoms with E-state index in [1.54, 1.807) is 36.4 Å². The molecule has 0 spiro atoms. The van der Waals surface area contributed by atoms with Crippen molar-refractivity contribution in [1.82, 2.24) is 0 Å². The van der Waals surface area contributed by atoms with Gasteiger partial charge in [0.25, 0.3) is 5.91 Å². The quantitative estimate of drug-likeness (QED) is 0.440. The van der Waals surface area contributed by atoms with Crippen LogP contribution in [0.25, 0.3) is 0 Å². The van der Waals surface area contributed by atoms with E-state index in [1.165, 1.54) is 16.2 Å². The first-order chi connectivity index (χ1) is 17.5. The summed E-state index contributed by atoms with van der Waals surface area (Å²) in [6.45, 7) is 0. The van der Waals surface area contributed by atoms with Crippen LogP contribution in [0.2, 0.25) is 5.02 Å². The topological polar surface area (TPSA) is 82.9 Å². The number of ether oxygens (including phenoxy) is 1. The maximum absolute atomic E-state index is 14.0. The molecule has 0 radical (unpaired) electrons. The zero-order valence-electron chi connectivity index (χ0n) is 19.4. The lowest BCUT2D eigenvalue weighted by atomic mass is 9.90. The van der Waals surface area contributed by atoms with Gasteiger partial charge in [-0.3, -0.25) is 14.4 Å². The van der Waals surface area contributed by atoms with E-state index in [4.69, 9.17) is 21.2 Å². The lowest BCUT2D eigenvalue weighted by molar-refractivity contribution is -0.126. The minimum Gasteiger partial charge on any atom is -0.497 e. The number of thiophene rings is 1. The van der Waals surface area contributed by atoms with E-state index >= 15 is 0 Å². The number of halogens is 1. The molecule has 3 aromatic rings. The van der Waals surface area contributed by atoms with Crippen molar-refractivity contribution in [3.05, 3.63) is 75.1 Å². The first-order valence-electron chi connectivity index (χ1n) is 11.8. The Morgan fingerprint density at radius 2 is 1.78 bits per heavy atom. The van der Waals surface area contributed by atoms with Crippen molar-refractivity contribution >= 4 is 45.4 Å². The van der Waals surface area contributed by atoms with Gasteiger partial charge in [-0.25, -0.2) is 9.96 Å². The van der Waals surface area contributed by atoms with Crippen LogP contribution in [0, 0.1) is 17.2 Å². The molecule has 6 rings (SSSR count). The van der Waals surface area contributed by atoms with Crippen LogP contribution >= 0.6 is 22.9 Å². The van der Waals surface area contributed by atoms with Gasteiger partial charge in [0.15, 0.2) is 6.10 Å². The molecular formula is C27H22ClN3O4S. The van der Waals surface area contributed by atoms with Crippen molar-refractivity contribution in [1.29, 1.82) is 5.26 Å². The van der Waals surface area contributed by atoms with Gasteiger partial charge in [0, 0.05) is 9.90 Å². The van der Waals surface area contributed by atoms with Gasteiger partial charge in [0.1, 0.15) is 22.7 Å². The highest BCUT2D eigenvalue weighted by Crippen LogP contribution is 2.50. The second-order valence-corrected chi connectivity index (χ2v) is 10.6. The average Bonchev–Trinajstić information content (AvgIpc) is 3.54. The minimum absolute atomic E-state index is 0.350. The Hall–Kier alpha value is -3.38. The van der Waals surface area contributed by atoms with Crippen molar-refractivity contribution in [2.24, 2.45) is 5.92 Å². The fourth-order valence-electron chi connectivity index (χ4n) is 5.39. The van der Waals surface area contributed by atoms with E-state index < -0.39 is 24.0 Å². The van der Waals surface area contributed by atoms with Crippen molar-refractivity contribution < 1.29 is 19.2 Å². The summed E-state index contributed by atoms with van der Waals surface area (Å²) in [4.78, 5) is 36.2. The molecule has 2 fully saturated rings. The van der Waals surface area contributed by atoms with Crippen molar-refractivity contribution in [3.63, 3.8) is 0 Å². The molecule has 3 heterocycles. The van der Waals surface area contributed by atoms with Gasteiger partial charge in [-0.15, -0.1) is 11.3 Å². The van der Waals surface area contributed by atoms with Crippen molar-refractivity contribution in [2.45, 2.75) is 37.8 Å². The number of aryl methyl sites for hydroxylation is 1. The number of rotatable bonds is 4. The molecule has 2 aliphatic heterocycles. The number of anilines is 2. The number of nitrogens with zero attached hydrogens (tertiary/aromatic N) is 3. The fourth-order valence-corrected chi connectivity index (χ4v) is 6.87. The number of carbonyl (C=O) groups is 2. The van der Waals surface area contributed by atoms with Gasteiger partial charge in [-0.1, -0.05) is 23.7 Å². The predicted octanol–water partition coefficient (Wildman–Crippen LogP) is 5.21. The van der Waals surface area contributed by atoms with Crippen LogP contribution in [0.1, 0.15) is 40.5 Å². The standard InChI is InChI=1S/C27H22ClN3O4S/c1-34-18-12-6-15(7-13-18)23-22-24(35-31(23)17-10-8-16(28)9-11-17)26(33)30(25(22)32)27-20(14-29)19-4-2-3-5-21(19)36-27/h6-13,22-24H,2-5H2,1H3/t22-,23+,24-/m0/s1. The molecular weight excluding hydrogens is 498 g/mol. The van der Waals surface area contributed by atoms with E-state index in [-0.39, 0.29) is 5.91 Å². The smallest absolute Gasteiger partial charge is 0.267 e. The minimum atomic E-state index is -0.994. The number of nitriles is 1. The highest BCUT2D eigenvalue weighted by molar-refractivity contribution is 7.17. The number of hydrogen-bond acceptors (Lipinski definition) is 7. The fraction of sp³-hybridized carbons (Fsp3) is 0.296. The number of amides is 2. The number of carbonyl (C=O) groups excluding carboxylic acids is 2. The summed E-state index contributed by atoms with van der Waals surface area (Å²) in [6.07, 6.45) is 2.72. The van der Waals surface area contributed by atoms with E-state index in [2.05, 4.69) is 6.07 Å². The number of hydrogen-bond donors (Lipinski definition) is 0. The molecule has 3 aliphatic rings. The highest BCUT2D eigenvalue weighted by Gasteiger charge is 2.61. The maximum atomic E-state index is 14.0. The molecule has 0 unspecified atom stereocenters. The molecule has 7 nitrogen and oxygen atoms in total. The van der Waals surface area contributed by atoms with Gasteiger partial charge in [-0.05, 0) is 73.2 Å². The zero-order valence-corrected chi connectivity index (χ0v) is 21.0. The predicted molar refractivity (Wildman–Crippen MR) is 136 cm³/mol. The summed E-state index contributed by atoms with van der Waals surface area (Å²) in [5.41, 5.74) is 2.93. The number of hydroxylamine groups is 1. The normalized spacial score (nSPS) is 23.0. The molecule has 2 amide bonds. The summed E-state index contributed by atoms with van der Waals surface area (Å²) in [5, 5.41) is 12.6. The van der Waals surface area contributed by atoms with Gasteiger partial charge in [-0.2, -0.15) is 5.26 Å². The van der Waals surface area contributed by atoms with Crippen LogP contribution < -0.4 is 14.7 Å². The van der Waals surface area contributed by atoms with E-state index in [0.717, 1.165) is 41.7 Å². The molecule has 2 saturated heterocycles. The monoisotopic (exact) mass is 519 g/mol. The van der Waals surface area contributed by atoms with Crippen LogP contribution in [0.5, 0.6) is 5.75 Å². The van der Waals surface area contributed by atoms with Crippen LogP contribution in [-0.4, -0.2) is 25.0 Å². The van der Waals surface area contributed by atoms with E-state index in [9.17, 15) is 14.9 Å². The molecule has 9 heteroatoms. The Kier molecular flexibility index (Phi) is 5.72. The molecule has 36 heavy (non-hydrogen) atoms. The lowest BCUT2D eigenvalue weighted by Crippen LogP contribution is -2.37. The summed E-state index contributed by atoms with van der Waals surface area (Å²) < 4.78 is 5.30. The molecule has 1 aliphatic carbocycles. The Labute approximate surface area is 217 Å². The molecule has 0 bridgehead atoms. The number of methoxy groups -OCH3 is 1.